The molecule has 11 nitrogen and oxygen atoms in total. The van der Waals surface area contributed by atoms with Crippen molar-refractivity contribution in [2.75, 3.05) is 6.61 Å². The molecule has 0 unspecified atom stereocenters. The molecule has 1 amide bonds. The molecule has 0 aliphatic rings. The number of amides is 1. The molecule has 0 saturated heterocycles. The highest BCUT2D eigenvalue weighted by Crippen LogP contribution is 2.56. The van der Waals surface area contributed by atoms with Gasteiger partial charge in [0.05, 0.1) is 39.5 Å². The zero-order chi connectivity index (χ0) is 34.6. The van der Waals surface area contributed by atoms with E-state index in [1.54, 1.807) is 59.7 Å². The Bertz CT molecular complexity index is 1560. The Morgan fingerprint density at radius 1 is 0.978 bits per heavy atom. The van der Waals surface area contributed by atoms with Gasteiger partial charge in [-0.05, 0) is 86.6 Å². The number of ether oxygens (including phenoxy) is 2. The lowest BCUT2D eigenvalue weighted by atomic mass is 10.2. The summed E-state index contributed by atoms with van der Waals surface area (Å²) >= 11 is 14.1. The van der Waals surface area contributed by atoms with Crippen molar-refractivity contribution in [1.29, 1.82) is 0 Å². The molecule has 1 aromatic heterocycles. The van der Waals surface area contributed by atoms with Crippen LogP contribution < -0.4 is 14.8 Å². The molecule has 254 valence electrons. The number of hydrogen-bond acceptors (Lipinski definition) is 10. The van der Waals surface area contributed by atoms with Gasteiger partial charge in [-0.25, -0.2) is 13.8 Å². The predicted octanol–water partition coefficient (Wildman–Crippen LogP) is 9.26. The first-order chi connectivity index (χ1) is 21.1. The van der Waals surface area contributed by atoms with E-state index >= 15 is 4.39 Å². The fourth-order valence-electron chi connectivity index (χ4n) is 3.88. The van der Waals surface area contributed by atoms with E-state index in [-0.39, 0.29) is 22.4 Å². The van der Waals surface area contributed by atoms with Gasteiger partial charge < -0.3 is 19.9 Å². The van der Waals surface area contributed by atoms with E-state index in [1.807, 2.05) is 13.8 Å². The highest BCUT2D eigenvalue weighted by Gasteiger charge is 2.40. The van der Waals surface area contributed by atoms with E-state index in [0.29, 0.717) is 26.4 Å². The van der Waals surface area contributed by atoms with E-state index in [1.165, 1.54) is 24.3 Å². The Hall–Kier alpha value is -2.51. The lowest BCUT2D eigenvalue weighted by Crippen LogP contribution is -2.46. The van der Waals surface area contributed by atoms with Crippen LogP contribution in [0.2, 0.25) is 10.0 Å². The van der Waals surface area contributed by atoms with Crippen LogP contribution in [0, 0.1) is 5.82 Å². The van der Waals surface area contributed by atoms with Crippen molar-refractivity contribution in [3.8, 4) is 32.6 Å². The smallest absolute Gasteiger partial charge is 0.476 e. The molecule has 3 aromatic rings. The lowest BCUT2D eigenvalue weighted by Gasteiger charge is -2.34. The fourth-order valence-corrected chi connectivity index (χ4v) is 7.29. The SMILES string of the molecule is CC(C)Oc1ccc(-c2nnc(-c3cc(F)c(OC[C@@H](NC(=O)O)[C@H](C)OP(=O)(OC(C)(C)C)OC(C)(C)C)cc3Cl)s2)cc1Cl. The van der Waals surface area contributed by atoms with Crippen molar-refractivity contribution in [3.63, 3.8) is 0 Å². The van der Waals surface area contributed by atoms with Gasteiger partial charge in [0.25, 0.3) is 0 Å². The topological polar surface area (TPSA) is 138 Å². The first-order valence-electron chi connectivity index (χ1n) is 14.3. The van der Waals surface area contributed by atoms with Crippen LogP contribution >= 0.6 is 42.4 Å². The lowest BCUT2D eigenvalue weighted by molar-refractivity contribution is -0.0162. The predicted molar refractivity (Wildman–Crippen MR) is 177 cm³/mol. The molecule has 0 spiro atoms. The van der Waals surface area contributed by atoms with Crippen LogP contribution in [0.5, 0.6) is 11.5 Å². The Labute approximate surface area is 282 Å². The number of halogens is 3. The minimum absolute atomic E-state index is 0.0452. The summed E-state index contributed by atoms with van der Waals surface area (Å²) in [5.74, 6) is -0.497. The summed E-state index contributed by atoms with van der Waals surface area (Å²) in [7, 11) is -4.21. The van der Waals surface area contributed by atoms with Gasteiger partial charge in [-0.3, -0.25) is 13.6 Å². The Morgan fingerprint density at radius 2 is 1.59 bits per heavy atom. The van der Waals surface area contributed by atoms with E-state index < -0.39 is 49.7 Å². The maximum absolute atomic E-state index is 15.3. The second-order valence-electron chi connectivity index (χ2n) is 12.5. The molecular formula is C30H39Cl2FN3O8PS. The summed E-state index contributed by atoms with van der Waals surface area (Å²) in [5, 5.41) is 21.5. The molecular weight excluding hydrogens is 683 g/mol. The first-order valence-corrected chi connectivity index (χ1v) is 17.3. The third-order valence-corrected chi connectivity index (χ3v) is 9.33. The van der Waals surface area contributed by atoms with Gasteiger partial charge >= 0.3 is 13.9 Å². The highest BCUT2D eigenvalue weighted by molar-refractivity contribution is 7.48. The molecule has 0 saturated carbocycles. The van der Waals surface area contributed by atoms with Crippen molar-refractivity contribution in [1.82, 2.24) is 15.5 Å². The number of carbonyl (C=O) groups is 1. The summed E-state index contributed by atoms with van der Waals surface area (Å²) in [6.07, 6.45) is -2.54. The van der Waals surface area contributed by atoms with Gasteiger partial charge in [0.1, 0.15) is 22.4 Å². The number of phosphoric ester groups is 1. The maximum Gasteiger partial charge on any atom is 0.476 e. The van der Waals surface area contributed by atoms with Crippen LogP contribution in [0.15, 0.2) is 30.3 Å². The van der Waals surface area contributed by atoms with Crippen LogP contribution in [-0.4, -0.2) is 57.5 Å². The van der Waals surface area contributed by atoms with Crippen molar-refractivity contribution in [2.45, 2.75) is 91.8 Å². The molecule has 2 N–H and O–H groups in total. The van der Waals surface area contributed by atoms with Crippen LogP contribution in [-0.2, 0) is 18.1 Å². The highest BCUT2D eigenvalue weighted by atomic mass is 35.5. The zero-order valence-corrected chi connectivity index (χ0v) is 30.2. The van der Waals surface area contributed by atoms with Gasteiger partial charge in [0.15, 0.2) is 11.6 Å². The summed E-state index contributed by atoms with van der Waals surface area (Å²) < 4.78 is 57.1. The molecule has 16 heteroatoms. The normalized spacial score (nSPS) is 13.8. The molecule has 46 heavy (non-hydrogen) atoms. The van der Waals surface area contributed by atoms with Gasteiger partial charge in [-0.2, -0.15) is 0 Å². The van der Waals surface area contributed by atoms with Crippen molar-refractivity contribution in [2.24, 2.45) is 0 Å². The number of benzene rings is 2. The molecule has 2 atom stereocenters. The second-order valence-corrected chi connectivity index (χ2v) is 15.8. The number of aromatic nitrogens is 2. The molecule has 3 rings (SSSR count). The Kier molecular flexibility index (Phi) is 12.5. The van der Waals surface area contributed by atoms with Gasteiger partial charge in [-0.15, -0.1) is 10.2 Å². The first kappa shape index (κ1) is 37.9. The summed E-state index contributed by atoms with van der Waals surface area (Å²) in [6, 6.07) is 6.52. The Morgan fingerprint density at radius 3 is 2.13 bits per heavy atom. The second kappa shape index (κ2) is 15.1. The van der Waals surface area contributed by atoms with E-state index in [4.69, 9.17) is 46.2 Å². The maximum atomic E-state index is 15.3. The number of hydrogen-bond donors (Lipinski definition) is 2. The molecule has 0 aliphatic carbocycles. The average molecular weight is 723 g/mol. The number of rotatable bonds is 13. The molecule has 1 heterocycles. The molecule has 0 fully saturated rings. The summed E-state index contributed by atoms with van der Waals surface area (Å²) in [5.41, 5.74) is -0.859. The van der Waals surface area contributed by atoms with Crippen molar-refractivity contribution >= 4 is 48.5 Å². The van der Waals surface area contributed by atoms with Crippen LogP contribution in [0.4, 0.5) is 9.18 Å². The number of nitrogens with one attached hydrogen (secondary N) is 1. The van der Waals surface area contributed by atoms with Gasteiger partial charge in [0.2, 0.25) is 0 Å². The minimum Gasteiger partial charge on any atom is -0.489 e. The molecule has 0 aliphatic heterocycles. The van der Waals surface area contributed by atoms with Crippen LogP contribution in [0.25, 0.3) is 21.1 Å². The quantitative estimate of drug-likeness (QED) is 0.164. The third-order valence-electron chi connectivity index (χ3n) is 5.58. The van der Waals surface area contributed by atoms with E-state index in [9.17, 15) is 14.5 Å². The number of phosphoric acid groups is 1. The standard InChI is InChI=1S/C30H39Cl2FN3O8PS/c1-16(2)41-24-11-10-18(12-21(24)32)26-35-36-27(46-26)19-13-22(33)25(14-20(19)31)40-15-23(34-28(37)38)17(3)42-45(39,43-29(4,5)6)44-30(7,8)9/h10-14,16-17,23,34H,15H2,1-9H3,(H,37,38)/t17-,23+/m0/s1. The summed E-state index contributed by atoms with van der Waals surface area (Å²) in [4.78, 5) is 11.6. The number of nitrogens with zero attached hydrogens (tertiary/aromatic N) is 2. The Balaban J connectivity index is 1.79. The third kappa shape index (κ3) is 11.3. The van der Waals surface area contributed by atoms with E-state index in [0.717, 1.165) is 6.07 Å². The fraction of sp³-hybridized carbons (Fsp3) is 0.500. The van der Waals surface area contributed by atoms with Crippen molar-refractivity contribution in [3.05, 3.63) is 46.2 Å². The van der Waals surface area contributed by atoms with Crippen molar-refractivity contribution < 1.29 is 41.9 Å². The molecule has 0 bridgehead atoms. The minimum atomic E-state index is -4.21. The number of carboxylic acid groups (broad SMARTS) is 1. The van der Waals surface area contributed by atoms with Crippen LogP contribution in [0.3, 0.4) is 0 Å². The van der Waals surface area contributed by atoms with Crippen LogP contribution in [0.1, 0.15) is 62.3 Å². The molecule has 2 aromatic carbocycles. The summed E-state index contributed by atoms with van der Waals surface area (Å²) in [6.45, 7) is 14.9. The monoisotopic (exact) mass is 721 g/mol. The average Bonchev–Trinajstić information content (AvgIpc) is 3.36. The van der Waals surface area contributed by atoms with E-state index in [2.05, 4.69) is 15.5 Å². The zero-order valence-electron chi connectivity index (χ0n) is 27.0. The van der Waals surface area contributed by atoms with Gasteiger partial charge in [-0.1, -0.05) is 34.5 Å². The van der Waals surface area contributed by atoms with Gasteiger partial charge in [0, 0.05) is 17.2 Å². The molecule has 0 radical (unpaired) electrons. The largest absolute Gasteiger partial charge is 0.489 e.